The van der Waals surface area contributed by atoms with E-state index >= 15 is 0 Å². The molecule has 1 aliphatic rings. The summed E-state index contributed by atoms with van der Waals surface area (Å²) < 4.78 is 0. The van der Waals surface area contributed by atoms with Crippen molar-refractivity contribution in [2.24, 2.45) is 0 Å². The van der Waals surface area contributed by atoms with Gasteiger partial charge in [0.25, 0.3) is 0 Å². The highest BCUT2D eigenvalue weighted by Gasteiger charge is 2.06. The molecule has 0 amide bonds. The maximum atomic E-state index is 9.50. The first kappa shape index (κ1) is 25.0. The lowest BCUT2D eigenvalue weighted by Crippen LogP contribution is -2.43. The van der Waals surface area contributed by atoms with Crippen LogP contribution in [0, 0.1) is 0 Å². The molecule has 1 saturated heterocycles. The maximum Gasteiger partial charge on any atom is 0.0418 e. The van der Waals surface area contributed by atoms with Crippen LogP contribution in [0.25, 0.3) is 6.08 Å². The van der Waals surface area contributed by atoms with Crippen LogP contribution >= 0.6 is 0 Å². The summed E-state index contributed by atoms with van der Waals surface area (Å²) >= 11 is 0. The van der Waals surface area contributed by atoms with Gasteiger partial charge in [0.1, 0.15) is 0 Å². The van der Waals surface area contributed by atoms with Gasteiger partial charge in [0.15, 0.2) is 0 Å². The van der Waals surface area contributed by atoms with E-state index in [1.54, 1.807) is 0 Å². The second-order valence-corrected chi connectivity index (χ2v) is 5.11. The minimum atomic E-state index is -1.37. The third-order valence-corrected chi connectivity index (χ3v) is 3.22. The summed E-state index contributed by atoms with van der Waals surface area (Å²) in [5.74, 6) is -2.73. The number of benzene rings is 1. The van der Waals surface area contributed by atoms with E-state index in [1.807, 2.05) is 6.07 Å². The van der Waals surface area contributed by atoms with E-state index in [2.05, 4.69) is 46.6 Å². The Bertz CT molecular complexity index is 489. The number of hydrogen-bond donors (Lipinski definition) is 3. The number of piperazine rings is 1. The molecule has 1 aromatic rings. The van der Waals surface area contributed by atoms with E-state index in [4.69, 9.17) is 0 Å². The summed E-state index contributed by atoms with van der Waals surface area (Å²) in [5, 5.41) is 22.4. The summed E-state index contributed by atoms with van der Waals surface area (Å²) in [5.41, 5.74) is 1.28. The van der Waals surface area contributed by atoms with Crippen LogP contribution in [0.3, 0.4) is 0 Å². The smallest absolute Gasteiger partial charge is 0.0418 e. The van der Waals surface area contributed by atoms with E-state index in [1.165, 1.54) is 18.7 Å². The second-order valence-electron chi connectivity index (χ2n) is 5.11. The van der Waals surface area contributed by atoms with Gasteiger partial charge in [0, 0.05) is 44.7 Å². The Morgan fingerprint density at radius 1 is 1.00 bits per heavy atom. The average molecular weight is 354 g/mol. The summed E-state index contributed by atoms with van der Waals surface area (Å²) in [7, 11) is 0. The van der Waals surface area contributed by atoms with Gasteiger partial charge in [0.2, 0.25) is 0 Å². The number of aliphatic carboxylic acids is 2. The van der Waals surface area contributed by atoms with Crippen molar-refractivity contribution in [3.05, 3.63) is 42.0 Å². The Morgan fingerprint density at radius 2 is 1.52 bits per heavy atom. The number of carboxylic acid groups (broad SMARTS) is 2. The quantitative estimate of drug-likeness (QED) is 0.629. The number of carboxylic acids is 2. The highest BCUT2D eigenvalue weighted by Crippen LogP contribution is 2.01. The molecule has 1 aliphatic heterocycles. The van der Waals surface area contributed by atoms with Crippen LogP contribution in [-0.4, -0.2) is 49.6 Å². The first-order valence-electron chi connectivity index (χ1n) is 7.62. The highest BCUT2D eigenvalue weighted by atomic mass is 16.4. The van der Waals surface area contributed by atoms with Crippen molar-refractivity contribution in [3.8, 4) is 0 Å². The summed E-state index contributed by atoms with van der Waals surface area (Å²) in [6, 6.07) is 10.5. The monoisotopic (exact) mass is 354 g/mol. The Labute approximate surface area is 148 Å². The third-order valence-electron chi connectivity index (χ3n) is 3.22. The molecule has 2 rings (SSSR count). The average Bonchev–Trinajstić information content (AvgIpc) is 2.56. The SMILES string of the molecule is C(=Cc1ccccc1)CN1CCNCC1.O=C([O-])CCC(=O)[O-].[NH4+].[NH4+]. The molecule has 9 N–H and O–H groups in total. The lowest BCUT2D eigenvalue weighted by Gasteiger charge is -2.25. The van der Waals surface area contributed by atoms with E-state index in [0.717, 1.165) is 19.6 Å². The number of hydrogen-bond acceptors (Lipinski definition) is 6. The Kier molecular flexibility index (Phi) is 15.3. The molecule has 0 aliphatic carbocycles. The van der Waals surface area contributed by atoms with Crippen LogP contribution in [0.2, 0.25) is 0 Å². The molecule has 0 bridgehead atoms. The standard InChI is InChI=1S/C13H18N2.C4H6O4.2H3N/c1-2-5-13(6-3-1)7-4-10-15-11-8-14-9-12-15;5-3(6)1-2-4(7)8;;/h1-7,14H,8-12H2;1-2H2,(H,5,6)(H,7,8);2*1H3. The van der Waals surface area contributed by atoms with Crippen molar-refractivity contribution >= 4 is 18.0 Å². The van der Waals surface area contributed by atoms with Crippen molar-refractivity contribution < 1.29 is 19.8 Å². The lowest BCUT2D eigenvalue weighted by atomic mass is 10.2. The number of carbonyl (C=O) groups excluding carboxylic acids is 2. The normalized spacial score (nSPS) is 13.8. The highest BCUT2D eigenvalue weighted by molar-refractivity contribution is 5.72. The largest absolute Gasteiger partial charge is 0.550 e. The first-order chi connectivity index (χ1) is 11.1. The molecular weight excluding hydrogens is 324 g/mol. The number of nitrogens with zero attached hydrogens (tertiary/aromatic N) is 1. The van der Waals surface area contributed by atoms with Gasteiger partial charge in [-0.25, -0.2) is 0 Å². The summed E-state index contributed by atoms with van der Waals surface area (Å²) in [6.07, 6.45) is 3.51. The van der Waals surface area contributed by atoms with E-state index in [9.17, 15) is 19.8 Å². The zero-order valence-electron chi connectivity index (χ0n) is 15.1. The van der Waals surface area contributed by atoms with E-state index in [0.29, 0.717) is 0 Å². The van der Waals surface area contributed by atoms with Crippen LogP contribution < -0.4 is 27.8 Å². The molecule has 0 unspecified atom stereocenters. The van der Waals surface area contributed by atoms with Gasteiger partial charge in [-0.05, 0) is 18.4 Å². The van der Waals surface area contributed by atoms with Crippen molar-refractivity contribution in [2.45, 2.75) is 12.8 Å². The van der Waals surface area contributed by atoms with Gasteiger partial charge >= 0.3 is 0 Å². The van der Waals surface area contributed by atoms with Crippen LogP contribution in [0.15, 0.2) is 36.4 Å². The Balaban J connectivity index is 0. The fraction of sp³-hybridized carbons (Fsp3) is 0.412. The topological polar surface area (TPSA) is 169 Å². The van der Waals surface area contributed by atoms with E-state index < -0.39 is 24.8 Å². The molecule has 25 heavy (non-hydrogen) atoms. The Hall–Kier alpha value is -2.26. The van der Waals surface area contributed by atoms with Crippen LogP contribution in [0.4, 0.5) is 0 Å². The van der Waals surface area contributed by atoms with Crippen molar-refractivity contribution in [2.75, 3.05) is 32.7 Å². The molecular formula is C17H30N4O4. The molecule has 8 nitrogen and oxygen atoms in total. The fourth-order valence-electron chi connectivity index (χ4n) is 2.00. The van der Waals surface area contributed by atoms with Crippen LogP contribution in [0.5, 0.6) is 0 Å². The fourth-order valence-corrected chi connectivity index (χ4v) is 2.00. The number of carbonyl (C=O) groups is 2. The van der Waals surface area contributed by atoms with E-state index in [-0.39, 0.29) is 12.3 Å². The van der Waals surface area contributed by atoms with Crippen molar-refractivity contribution in [1.29, 1.82) is 0 Å². The van der Waals surface area contributed by atoms with Gasteiger partial charge in [-0.15, -0.1) is 0 Å². The van der Waals surface area contributed by atoms with Gasteiger partial charge in [-0.3, -0.25) is 4.90 Å². The molecule has 1 fully saturated rings. The molecule has 1 heterocycles. The molecule has 0 aromatic heterocycles. The summed E-state index contributed by atoms with van der Waals surface area (Å²) in [6.45, 7) is 5.65. The Morgan fingerprint density at radius 3 is 2.00 bits per heavy atom. The van der Waals surface area contributed by atoms with Gasteiger partial charge < -0.3 is 37.4 Å². The minimum Gasteiger partial charge on any atom is -0.550 e. The van der Waals surface area contributed by atoms with Gasteiger partial charge in [0.05, 0.1) is 0 Å². The predicted octanol–water partition coefficient (Wildman–Crippen LogP) is -0.376. The number of rotatable bonds is 6. The number of nitrogens with one attached hydrogen (secondary N) is 1. The predicted molar refractivity (Wildman–Crippen MR) is 96.0 cm³/mol. The number of quaternary nitrogens is 2. The van der Waals surface area contributed by atoms with Crippen LogP contribution in [0.1, 0.15) is 18.4 Å². The lowest BCUT2D eigenvalue weighted by molar-refractivity contribution is -0.315. The zero-order chi connectivity index (χ0) is 16.9. The molecule has 1 aromatic carbocycles. The van der Waals surface area contributed by atoms with Crippen LogP contribution in [-0.2, 0) is 9.59 Å². The molecule has 142 valence electrons. The maximum absolute atomic E-state index is 9.50. The zero-order valence-corrected chi connectivity index (χ0v) is 15.1. The minimum absolute atomic E-state index is 0. The second kappa shape index (κ2) is 15.3. The first-order valence-corrected chi connectivity index (χ1v) is 7.62. The molecule has 0 atom stereocenters. The summed E-state index contributed by atoms with van der Waals surface area (Å²) in [4.78, 5) is 21.5. The molecule has 0 spiro atoms. The third kappa shape index (κ3) is 13.8. The van der Waals surface area contributed by atoms with Crippen molar-refractivity contribution in [3.63, 3.8) is 0 Å². The molecule has 0 saturated carbocycles. The molecule has 0 radical (unpaired) electrons. The van der Waals surface area contributed by atoms with Gasteiger partial charge in [-0.2, -0.15) is 0 Å². The molecule has 8 heteroatoms. The van der Waals surface area contributed by atoms with Gasteiger partial charge in [-0.1, -0.05) is 42.5 Å². The van der Waals surface area contributed by atoms with Crippen molar-refractivity contribution in [1.82, 2.24) is 22.5 Å².